The Morgan fingerprint density at radius 2 is 2.25 bits per heavy atom. The smallest absolute Gasteiger partial charge is 0.165 e. The lowest BCUT2D eigenvalue weighted by atomic mass is 10.1. The molecule has 1 fully saturated rings. The Hall–Kier alpha value is -1.09. The maximum Gasteiger partial charge on any atom is 0.165 e. The van der Waals surface area contributed by atoms with Crippen LogP contribution in [-0.4, -0.2) is 6.61 Å². The number of rotatable bonds is 4. The molecule has 16 heavy (non-hydrogen) atoms. The van der Waals surface area contributed by atoms with E-state index in [1.807, 2.05) is 6.92 Å². The van der Waals surface area contributed by atoms with Crippen molar-refractivity contribution in [1.29, 1.82) is 0 Å². The lowest BCUT2D eigenvalue weighted by molar-refractivity contribution is 0.279. The minimum atomic E-state index is -0.308. The third kappa shape index (κ3) is 2.53. The SMILES string of the molecule is CC(N)c1ccc(F)c(OCC2CC2C)c1. The lowest BCUT2D eigenvalue weighted by Crippen LogP contribution is -2.07. The van der Waals surface area contributed by atoms with Gasteiger partial charge in [0.15, 0.2) is 11.6 Å². The van der Waals surface area contributed by atoms with Gasteiger partial charge in [-0.3, -0.25) is 0 Å². The van der Waals surface area contributed by atoms with Gasteiger partial charge >= 0.3 is 0 Å². The van der Waals surface area contributed by atoms with E-state index in [1.165, 1.54) is 12.5 Å². The molecule has 0 radical (unpaired) electrons. The van der Waals surface area contributed by atoms with Crippen molar-refractivity contribution in [2.24, 2.45) is 17.6 Å². The Labute approximate surface area is 95.6 Å². The van der Waals surface area contributed by atoms with Crippen molar-refractivity contribution in [3.05, 3.63) is 29.6 Å². The molecule has 0 saturated heterocycles. The third-order valence-corrected chi connectivity index (χ3v) is 3.21. The summed E-state index contributed by atoms with van der Waals surface area (Å²) in [6.07, 6.45) is 1.19. The quantitative estimate of drug-likeness (QED) is 0.851. The van der Waals surface area contributed by atoms with Crippen LogP contribution in [0.3, 0.4) is 0 Å². The zero-order chi connectivity index (χ0) is 11.7. The molecule has 0 spiro atoms. The van der Waals surface area contributed by atoms with Crippen LogP contribution in [0.15, 0.2) is 18.2 Å². The molecule has 0 aromatic heterocycles. The van der Waals surface area contributed by atoms with Crippen LogP contribution in [0.5, 0.6) is 5.75 Å². The molecule has 2 N–H and O–H groups in total. The minimum absolute atomic E-state index is 0.0946. The van der Waals surface area contributed by atoms with Crippen LogP contribution in [-0.2, 0) is 0 Å². The molecule has 3 atom stereocenters. The summed E-state index contributed by atoms with van der Waals surface area (Å²) in [6, 6.07) is 4.73. The Kier molecular flexibility index (Phi) is 3.15. The van der Waals surface area contributed by atoms with E-state index in [4.69, 9.17) is 10.5 Å². The second kappa shape index (κ2) is 4.42. The number of benzene rings is 1. The summed E-state index contributed by atoms with van der Waals surface area (Å²) in [7, 11) is 0. The summed E-state index contributed by atoms with van der Waals surface area (Å²) >= 11 is 0. The average Bonchev–Trinajstić information content (AvgIpc) is 2.93. The van der Waals surface area contributed by atoms with E-state index >= 15 is 0 Å². The fourth-order valence-electron chi connectivity index (χ4n) is 1.74. The molecule has 2 nitrogen and oxygen atoms in total. The van der Waals surface area contributed by atoms with Gasteiger partial charge in [-0.15, -0.1) is 0 Å². The molecule has 1 aromatic carbocycles. The molecule has 3 heteroatoms. The van der Waals surface area contributed by atoms with E-state index in [1.54, 1.807) is 12.1 Å². The van der Waals surface area contributed by atoms with Crippen LogP contribution in [0.2, 0.25) is 0 Å². The van der Waals surface area contributed by atoms with Crippen molar-refractivity contribution >= 4 is 0 Å². The van der Waals surface area contributed by atoms with E-state index in [0.29, 0.717) is 18.3 Å². The van der Waals surface area contributed by atoms with Gasteiger partial charge in [0.1, 0.15) is 0 Å². The first-order chi connectivity index (χ1) is 7.58. The molecule has 1 aromatic rings. The number of nitrogens with two attached hydrogens (primary N) is 1. The fraction of sp³-hybridized carbons (Fsp3) is 0.538. The van der Waals surface area contributed by atoms with Crippen LogP contribution in [0, 0.1) is 17.7 Å². The van der Waals surface area contributed by atoms with Crippen molar-refractivity contribution in [1.82, 2.24) is 0 Å². The first-order valence-electron chi connectivity index (χ1n) is 5.75. The van der Waals surface area contributed by atoms with Gasteiger partial charge in [-0.25, -0.2) is 4.39 Å². The van der Waals surface area contributed by atoms with Crippen molar-refractivity contribution < 1.29 is 9.13 Å². The van der Waals surface area contributed by atoms with Crippen molar-refractivity contribution in [3.63, 3.8) is 0 Å². The Bertz CT molecular complexity index is 378. The van der Waals surface area contributed by atoms with E-state index in [9.17, 15) is 4.39 Å². The number of ether oxygens (including phenoxy) is 1. The number of halogens is 1. The second-order valence-corrected chi connectivity index (χ2v) is 4.76. The molecule has 88 valence electrons. The van der Waals surface area contributed by atoms with Gasteiger partial charge in [0.2, 0.25) is 0 Å². The normalized spacial score (nSPS) is 25.2. The van der Waals surface area contributed by atoms with E-state index in [0.717, 1.165) is 11.5 Å². The molecule has 2 rings (SSSR count). The molecular weight excluding hydrogens is 205 g/mol. The van der Waals surface area contributed by atoms with Gasteiger partial charge in [0.25, 0.3) is 0 Å². The van der Waals surface area contributed by atoms with Crippen LogP contribution >= 0.6 is 0 Å². The molecular formula is C13H18FNO. The van der Waals surface area contributed by atoms with Crippen LogP contribution in [0.25, 0.3) is 0 Å². The minimum Gasteiger partial charge on any atom is -0.490 e. The molecule has 1 aliphatic rings. The summed E-state index contributed by atoms with van der Waals surface area (Å²) < 4.78 is 18.9. The van der Waals surface area contributed by atoms with Crippen molar-refractivity contribution in [3.8, 4) is 5.75 Å². The first kappa shape index (κ1) is 11.4. The van der Waals surface area contributed by atoms with Gasteiger partial charge in [-0.2, -0.15) is 0 Å². The zero-order valence-electron chi connectivity index (χ0n) is 9.74. The van der Waals surface area contributed by atoms with Gasteiger partial charge in [-0.05, 0) is 42.9 Å². The summed E-state index contributed by atoms with van der Waals surface area (Å²) in [5.74, 6) is 1.34. The van der Waals surface area contributed by atoms with Crippen molar-refractivity contribution in [2.75, 3.05) is 6.61 Å². The maximum absolute atomic E-state index is 13.4. The monoisotopic (exact) mass is 223 g/mol. The average molecular weight is 223 g/mol. The van der Waals surface area contributed by atoms with Crippen LogP contribution in [0.1, 0.15) is 31.9 Å². The largest absolute Gasteiger partial charge is 0.490 e. The van der Waals surface area contributed by atoms with Crippen molar-refractivity contribution in [2.45, 2.75) is 26.3 Å². The highest BCUT2D eigenvalue weighted by molar-refractivity contribution is 5.31. The summed E-state index contributed by atoms with van der Waals surface area (Å²) in [5, 5.41) is 0. The molecule has 1 aliphatic carbocycles. The maximum atomic E-state index is 13.4. The predicted molar refractivity (Wildman–Crippen MR) is 61.8 cm³/mol. The predicted octanol–water partition coefficient (Wildman–Crippen LogP) is 2.88. The second-order valence-electron chi connectivity index (χ2n) is 4.76. The summed E-state index contributed by atoms with van der Waals surface area (Å²) in [5.41, 5.74) is 6.65. The summed E-state index contributed by atoms with van der Waals surface area (Å²) in [6.45, 7) is 4.67. The molecule has 0 heterocycles. The van der Waals surface area contributed by atoms with Gasteiger partial charge in [0, 0.05) is 6.04 Å². The molecule has 0 aliphatic heterocycles. The fourth-order valence-corrected chi connectivity index (χ4v) is 1.74. The van der Waals surface area contributed by atoms with Gasteiger partial charge < -0.3 is 10.5 Å². The first-order valence-corrected chi connectivity index (χ1v) is 5.75. The Morgan fingerprint density at radius 1 is 1.56 bits per heavy atom. The highest BCUT2D eigenvalue weighted by Gasteiger charge is 2.33. The number of hydrogen-bond donors (Lipinski definition) is 1. The molecule has 0 amide bonds. The molecule has 1 saturated carbocycles. The highest BCUT2D eigenvalue weighted by Crippen LogP contribution is 2.38. The topological polar surface area (TPSA) is 35.2 Å². The molecule has 0 bridgehead atoms. The third-order valence-electron chi connectivity index (χ3n) is 3.21. The zero-order valence-corrected chi connectivity index (χ0v) is 9.74. The Morgan fingerprint density at radius 3 is 2.81 bits per heavy atom. The highest BCUT2D eigenvalue weighted by atomic mass is 19.1. The Balaban J connectivity index is 2.03. The summed E-state index contributed by atoms with van der Waals surface area (Å²) in [4.78, 5) is 0. The van der Waals surface area contributed by atoms with Crippen LogP contribution in [0.4, 0.5) is 4.39 Å². The van der Waals surface area contributed by atoms with E-state index < -0.39 is 0 Å². The van der Waals surface area contributed by atoms with Gasteiger partial charge in [-0.1, -0.05) is 13.0 Å². The number of hydrogen-bond acceptors (Lipinski definition) is 2. The van der Waals surface area contributed by atoms with E-state index in [2.05, 4.69) is 6.92 Å². The van der Waals surface area contributed by atoms with Crippen LogP contribution < -0.4 is 10.5 Å². The molecule has 3 unspecified atom stereocenters. The lowest BCUT2D eigenvalue weighted by Gasteiger charge is -2.10. The van der Waals surface area contributed by atoms with E-state index in [-0.39, 0.29) is 11.9 Å². The standard InChI is InChI=1S/C13H18FNO/c1-8-5-11(8)7-16-13-6-10(9(2)15)3-4-12(13)14/h3-4,6,8-9,11H,5,7,15H2,1-2H3. The van der Waals surface area contributed by atoms with Gasteiger partial charge in [0.05, 0.1) is 6.61 Å².